The highest BCUT2D eigenvalue weighted by Gasteiger charge is 2.26. The first-order chi connectivity index (χ1) is 13.8. The normalized spacial score (nSPS) is 11.7. The molecule has 0 radical (unpaired) electrons. The largest absolute Gasteiger partial charge is 0.274 e. The minimum atomic E-state index is -3.92. The standard InChI is InChI=1S/C19H16ClN5O3S/c1-13-11-18(26)25-19(21-13)22-17(23-25)12-24(15-5-3-2-4-6-15)29(27,28)16-9-7-14(20)8-10-16/h2-11H,12H2,1H3,(H,21,22,23). The Balaban J connectivity index is 1.81. The summed E-state index contributed by atoms with van der Waals surface area (Å²) in [5.74, 6) is 0.462. The van der Waals surface area contributed by atoms with Gasteiger partial charge in [0.2, 0.25) is 0 Å². The maximum absolute atomic E-state index is 13.3. The lowest BCUT2D eigenvalue weighted by atomic mass is 10.3. The van der Waals surface area contributed by atoms with Crippen molar-refractivity contribution in [3.8, 4) is 0 Å². The summed E-state index contributed by atoms with van der Waals surface area (Å²) in [5, 5.41) is 3.27. The fraction of sp³-hybridized carbons (Fsp3) is 0.105. The molecule has 29 heavy (non-hydrogen) atoms. The average molecular weight is 430 g/mol. The number of hydrogen-bond acceptors (Lipinski definition) is 5. The number of nitrogens with zero attached hydrogens (tertiary/aromatic N) is 4. The van der Waals surface area contributed by atoms with Gasteiger partial charge in [0, 0.05) is 16.8 Å². The van der Waals surface area contributed by atoms with E-state index in [0.717, 1.165) is 0 Å². The second kappa shape index (κ2) is 7.34. The van der Waals surface area contributed by atoms with Crippen molar-refractivity contribution in [2.24, 2.45) is 0 Å². The smallest absolute Gasteiger partial charge is 0.273 e. The molecule has 2 heterocycles. The Morgan fingerprint density at radius 3 is 2.45 bits per heavy atom. The van der Waals surface area contributed by atoms with E-state index < -0.39 is 10.0 Å². The molecule has 0 fully saturated rings. The van der Waals surface area contributed by atoms with Crippen molar-refractivity contribution in [1.82, 2.24) is 19.6 Å². The highest BCUT2D eigenvalue weighted by atomic mass is 35.5. The molecule has 8 nitrogen and oxygen atoms in total. The first-order valence-electron chi connectivity index (χ1n) is 8.63. The maximum atomic E-state index is 13.3. The lowest BCUT2D eigenvalue weighted by Crippen LogP contribution is -2.31. The Labute approximate surface area is 171 Å². The van der Waals surface area contributed by atoms with Gasteiger partial charge < -0.3 is 0 Å². The number of rotatable bonds is 5. The molecule has 1 N–H and O–H groups in total. The van der Waals surface area contributed by atoms with E-state index >= 15 is 0 Å². The number of aryl methyl sites for hydroxylation is 1. The van der Waals surface area contributed by atoms with E-state index in [1.54, 1.807) is 37.3 Å². The number of benzene rings is 2. The number of aromatic amines is 1. The van der Waals surface area contributed by atoms with Crippen molar-refractivity contribution in [2.75, 3.05) is 4.31 Å². The highest BCUT2D eigenvalue weighted by Crippen LogP contribution is 2.26. The molecule has 0 aliphatic heterocycles. The zero-order chi connectivity index (χ0) is 20.6. The van der Waals surface area contributed by atoms with Gasteiger partial charge >= 0.3 is 0 Å². The molecule has 0 atom stereocenters. The van der Waals surface area contributed by atoms with Crippen LogP contribution < -0.4 is 9.86 Å². The van der Waals surface area contributed by atoms with Crippen LogP contribution in [0, 0.1) is 6.92 Å². The van der Waals surface area contributed by atoms with E-state index in [4.69, 9.17) is 11.6 Å². The Kier molecular flexibility index (Phi) is 4.85. The Hall–Kier alpha value is -3.17. The van der Waals surface area contributed by atoms with E-state index in [0.29, 0.717) is 16.4 Å². The van der Waals surface area contributed by atoms with Gasteiger partial charge in [-0.25, -0.2) is 13.4 Å². The minimum Gasteiger partial charge on any atom is -0.273 e. The number of para-hydroxylation sites is 1. The molecule has 0 spiro atoms. The van der Waals surface area contributed by atoms with Gasteiger partial charge in [0.15, 0.2) is 0 Å². The Morgan fingerprint density at radius 1 is 1.07 bits per heavy atom. The zero-order valence-corrected chi connectivity index (χ0v) is 16.9. The Bertz CT molecular complexity index is 1330. The first kappa shape index (κ1) is 19.2. The van der Waals surface area contributed by atoms with Gasteiger partial charge in [-0.15, -0.1) is 0 Å². The molecule has 0 aliphatic rings. The number of aromatic nitrogens is 4. The number of fused-ring (bicyclic) bond motifs is 1. The maximum Gasteiger partial charge on any atom is 0.274 e. The topological polar surface area (TPSA) is 100 Å². The van der Waals surface area contributed by atoms with Crippen LogP contribution in [0.25, 0.3) is 5.78 Å². The number of H-pyrrole nitrogens is 1. The van der Waals surface area contributed by atoms with Crippen LogP contribution in [0.15, 0.2) is 70.4 Å². The zero-order valence-electron chi connectivity index (χ0n) is 15.3. The van der Waals surface area contributed by atoms with Crippen LogP contribution in [0.3, 0.4) is 0 Å². The third-order valence-corrected chi connectivity index (χ3v) is 6.28. The Morgan fingerprint density at radius 2 is 1.76 bits per heavy atom. The number of nitrogens with one attached hydrogen (secondary N) is 1. The third kappa shape index (κ3) is 3.74. The summed E-state index contributed by atoms with van der Waals surface area (Å²) < 4.78 is 29.1. The molecule has 148 valence electrons. The summed E-state index contributed by atoms with van der Waals surface area (Å²) in [6.45, 7) is 1.58. The molecule has 2 aromatic carbocycles. The number of sulfonamides is 1. The predicted octanol–water partition coefficient (Wildman–Crippen LogP) is 2.77. The first-order valence-corrected chi connectivity index (χ1v) is 10.4. The van der Waals surface area contributed by atoms with Gasteiger partial charge in [0.25, 0.3) is 21.4 Å². The number of anilines is 1. The van der Waals surface area contributed by atoms with Crippen LogP contribution >= 0.6 is 11.6 Å². The molecular formula is C19H16ClN5O3S. The van der Waals surface area contributed by atoms with Crippen LogP contribution in [-0.2, 0) is 16.6 Å². The molecule has 4 aromatic rings. The molecule has 0 aliphatic carbocycles. The van der Waals surface area contributed by atoms with Crippen LogP contribution in [-0.4, -0.2) is 28.0 Å². The van der Waals surface area contributed by atoms with E-state index in [9.17, 15) is 13.2 Å². The molecule has 0 saturated carbocycles. The van der Waals surface area contributed by atoms with Crippen LogP contribution in [0.1, 0.15) is 11.5 Å². The van der Waals surface area contributed by atoms with Crippen molar-refractivity contribution >= 4 is 33.1 Å². The highest BCUT2D eigenvalue weighted by molar-refractivity contribution is 7.92. The van der Waals surface area contributed by atoms with E-state index in [1.807, 2.05) is 0 Å². The average Bonchev–Trinajstić information content (AvgIpc) is 3.10. The summed E-state index contributed by atoms with van der Waals surface area (Å²) in [5.41, 5.74) is 0.666. The molecule has 0 amide bonds. The molecule has 0 bridgehead atoms. The lowest BCUT2D eigenvalue weighted by Gasteiger charge is -2.23. The van der Waals surface area contributed by atoms with Crippen molar-refractivity contribution in [2.45, 2.75) is 18.4 Å². The quantitative estimate of drug-likeness (QED) is 0.525. The molecule has 0 unspecified atom stereocenters. The van der Waals surface area contributed by atoms with E-state index in [1.165, 1.54) is 39.2 Å². The van der Waals surface area contributed by atoms with Crippen molar-refractivity contribution < 1.29 is 8.42 Å². The van der Waals surface area contributed by atoms with Crippen molar-refractivity contribution in [3.05, 3.63) is 87.6 Å². The van der Waals surface area contributed by atoms with E-state index in [-0.39, 0.29) is 28.6 Å². The molecule has 0 saturated heterocycles. The molecule has 2 aromatic heterocycles. The van der Waals surface area contributed by atoms with Gasteiger partial charge in [-0.3, -0.25) is 14.2 Å². The summed E-state index contributed by atoms with van der Waals surface area (Å²) in [6, 6.07) is 16.0. The van der Waals surface area contributed by atoms with Crippen LogP contribution in [0.5, 0.6) is 0 Å². The lowest BCUT2D eigenvalue weighted by molar-refractivity contribution is 0.589. The predicted molar refractivity (Wildman–Crippen MR) is 110 cm³/mol. The molecular weight excluding hydrogens is 414 g/mol. The molecule has 10 heteroatoms. The second-order valence-electron chi connectivity index (χ2n) is 6.34. The fourth-order valence-corrected chi connectivity index (χ4v) is 4.44. The fourth-order valence-electron chi connectivity index (χ4n) is 2.89. The SMILES string of the molecule is Cc1cc(=O)n2[nH]c(CN(c3ccccc3)S(=O)(=O)c3ccc(Cl)cc3)nc2n1. The second-order valence-corrected chi connectivity index (χ2v) is 8.64. The van der Waals surface area contributed by atoms with Crippen LogP contribution in [0.2, 0.25) is 5.02 Å². The van der Waals surface area contributed by atoms with Gasteiger partial charge in [0.05, 0.1) is 17.1 Å². The molecule has 4 rings (SSSR count). The summed E-state index contributed by atoms with van der Waals surface area (Å²) in [6.07, 6.45) is 0. The minimum absolute atomic E-state index is 0.0907. The van der Waals surface area contributed by atoms with Gasteiger partial charge in [-0.2, -0.15) is 9.50 Å². The van der Waals surface area contributed by atoms with Gasteiger partial charge in [0.1, 0.15) is 5.82 Å². The summed E-state index contributed by atoms with van der Waals surface area (Å²) in [4.78, 5) is 20.7. The summed E-state index contributed by atoms with van der Waals surface area (Å²) in [7, 11) is -3.92. The van der Waals surface area contributed by atoms with Gasteiger partial charge in [-0.05, 0) is 43.3 Å². The van der Waals surface area contributed by atoms with Crippen LogP contribution in [0.4, 0.5) is 5.69 Å². The summed E-state index contributed by atoms with van der Waals surface area (Å²) >= 11 is 5.90. The van der Waals surface area contributed by atoms with Crippen molar-refractivity contribution in [1.29, 1.82) is 0 Å². The van der Waals surface area contributed by atoms with Gasteiger partial charge in [-0.1, -0.05) is 29.8 Å². The monoisotopic (exact) mass is 429 g/mol. The third-order valence-electron chi connectivity index (χ3n) is 4.24. The number of halogens is 1. The van der Waals surface area contributed by atoms with Crippen molar-refractivity contribution in [3.63, 3.8) is 0 Å². The number of hydrogen-bond donors (Lipinski definition) is 1. The van der Waals surface area contributed by atoms with E-state index in [2.05, 4.69) is 15.1 Å².